The molecule has 0 N–H and O–H groups in total. The van der Waals surface area contributed by atoms with Gasteiger partial charge in [0.2, 0.25) is 0 Å². The molecule has 0 atom stereocenters. The number of benzene rings is 1. The van der Waals surface area contributed by atoms with E-state index in [2.05, 4.69) is 28.6 Å². The van der Waals surface area contributed by atoms with Crippen molar-refractivity contribution in [1.29, 1.82) is 0 Å². The molecule has 0 aliphatic heterocycles. The van der Waals surface area contributed by atoms with Crippen LogP contribution in [0.25, 0.3) is 11.3 Å². The van der Waals surface area contributed by atoms with Crippen LogP contribution in [0.4, 0.5) is 0 Å². The molecule has 0 spiro atoms. The molecular weight excluding hydrogens is 192 g/mol. The molecule has 1 heterocycles. The lowest BCUT2D eigenvalue weighted by Gasteiger charge is -2.01. The average molecular weight is 202 g/mol. The molecule has 0 aliphatic rings. The molecule has 2 nitrogen and oxygen atoms in total. The third-order valence-corrected chi connectivity index (χ3v) is 2.66. The van der Waals surface area contributed by atoms with Crippen LogP contribution in [0, 0.1) is 0 Å². The predicted octanol–water partition coefficient (Wildman–Crippen LogP) is 2.87. The van der Waals surface area contributed by atoms with Gasteiger partial charge in [0.25, 0.3) is 0 Å². The smallest absolute Gasteiger partial charge is 0.0930 e. The molecule has 0 saturated heterocycles. The largest absolute Gasteiger partial charge is 0.159 e. The fraction of sp³-hybridized carbons (Fsp3) is 0.0909. The fourth-order valence-electron chi connectivity index (χ4n) is 1.24. The summed E-state index contributed by atoms with van der Waals surface area (Å²) in [5, 5.41) is 7.92. The molecule has 0 aliphatic carbocycles. The van der Waals surface area contributed by atoms with Gasteiger partial charge in [0, 0.05) is 16.7 Å². The van der Waals surface area contributed by atoms with Crippen LogP contribution in [0.5, 0.6) is 0 Å². The van der Waals surface area contributed by atoms with Gasteiger partial charge in [0.15, 0.2) is 0 Å². The van der Waals surface area contributed by atoms with Crippen molar-refractivity contribution in [3.8, 4) is 11.3 Å². The Morgan fingerprint density at radius 2 is 2.07 bits per heavy atom. The lowest BCUT2D eigenvalue weighted by molar-refractivity contribution is 1.04. The topological polar surface area (TPSA) is 25.8 Å². The highest BCUT2D eigenvalue weighted by atomic mass is 32.2. The van der Waals surface area contributed by atoms with Crippen LogP contribution >= 0.6 is 11.8 Å². The Morgan fingerprint density at radius 1 is 1.14 bits per heavy atom. The number of nitrogens with zero attached hydrogens (tertiary/aromatic N) is 2. The summed E-state index contributed by atoms with van der Waals surface area (Å²) in [4.78, 5) is 1.24. The van der Waals surface area contributed by atoms with Gasteiger partial charge in [-0.05, 0) is 30.5 Å². The van der Waals surface area contributed by atoms with Crippen molar-refractivity contribution in [3.05, 3.63) is 42.6 Å². The molecule has 2 aromatic rings. The highest BCUT2D eigenvalue weighted by molar-refractivity contribution is 7.98. The summed E-state index contributed by atoms with van der Waals surface area (Å²) in [6.07, 6.45) is 3.75. The molecule has 0 fully saturated rings. The van der Waals surface area contributed by atoms with Crippen LogP contribution in [-0.2, 0) is 0 Å². The quantitative estimate of drug-likeness (QED) is 0.700. The molecule has 1 aromatic carbocycles. The second kappa shape index (κ2) is 4.24. The van der Waals surface area contributed by atoms with E-state index in [0.29, 0.717) is 0 Å². The molecule has 2 rings (SSSR count). The first-order chi connectivity index (χ1) is 6.90. The van der Waals surface area contributed by atoms with Gasteiger partial charge in [0.1, 0.15) is 0 Å². The first-order valence-electron chi connectivity index (χ1n) is 4.32. The standard InChI is InChI=1S/C11H10N2S/c1-14-10-5-2-4-9(8-10)11-6-3-7-12-13-11/h2-8H,1H3. The maximum absolute atomic E-state index is 4.07. The van der Waals surface area contributed by atoms with Crippen LogP contribution in [-0.4, -0.2) is 16.5 Å². The Hall–Kier alpha value is -1.35. The summed E-state index contributed by atoms with van der Waals surface area (Å²) in [5.41, 5.74) is 2.04. The number of aromatic nitrogens is 2. The van der Waals surface area contributed by atoms with Crippen molar-refractivity contribution >= 4 is 11.8 Å². The Bertz CT molecular complexity index is 415. The second-order valence-corrected chi connectivity index (χ2v) is 3.72. The minimum absolute atomic E-state index is 0.920. The molecule has 0 bridgehead atoms. The van der Waals surface area contributed by atoms with Crippen LogP contribution in [0.1, 0.15) is 0 Å². The predicted molar refractivity (Wildman–Crippen MR) is 59.2 cm³/mol. The van der Waals surface area contributed by atoms with Gasteiger partial charge in [0.05, 0.1) is 5.69 Å². The molecular formula is C11H10N2S. The SMILES string of the molecule is CSc1cccc(-c2cccnn2)c1. The van der Waals surface area contributed by atoms with E-state index >= 15 is 0 Å². The van der Waals surface area contributed by atoms with Gasteiger partial charge in [-0.2, -0.15) is 10.2 Å². The molecule has 0 amide bonds. The van der Waals surface area contributed by atoms with Crippen LogP contribution in [0.3, 0.4) is 0 Å². The molecule has 3 heteroatoms. The van der Waals surface area contributed by atoms with E-state index in [9.17, 15) is 0 Å². The van der Waals surface area contributed by atoms with Gasteiger partial charge >= 0.3 is 0 Å². The van der Waals surface area contributed by atoms with Crippen molar-refractivity contribution < 1.29 is 0 Å². The van der Waals surface area contributed by atoms with Crippen molar-refractivity contribution in [1.82, 2.24) is 10.2 Å². The van der Waals surface area contributed by atoms with Crippen molar-refractivity contribution in [2.45, 2.75) is 4.90 Å². The van der Waals surface area contributed by atoms with Gasteiger partial charge < -0.3 is 0 Å². The van der Waals surface area contributed by atoms with E-state index < -0.39 is 0 Å². The minimum atomic E-state index is 0.920. The Labute approximate surface area is 87.4 Å². The molecule has 0 saturated carbocycles. The number of thioether (sulfide) groups is 1. The van der Waals surface area contributed by atoms with E-state index in [1.54, 1.807) is 18.0 Å². The lowest BCUT2D eigenvalue weighted by Crippen LogP contribution is -1.85. The number of hydrogen-bond acceptors (Lipinski definition) is 3. The third kappa shape index (κ3) is 1.93. The summed E-state index contributed by atoms with van der Waals surface area (Å²) in [6, 6.07) is 12.2. The minimum Gasteiger partial charge on any atom is -0.159 e. The number of hydrogen-bond donors (Lipinski definition) is 0. The first kappa shape index (κ1) is 9.21. The molecule has 0 radical (unpaired) electrons. The van der Waals surface area contributed by atoms with E-state index in [4.69, 9.17) is 0 Å². The zero-order valence-corrected chi connectivity index (χ0v) is 8.66. The van der Waals surface area contributed by atoms with Gasteiger partial charge in [-0.25, -0.2) is 0 Å². The fourth-order valence-corrected chi connectivity index (χ4v) is 1.70. The average Bonchev–Trinajstić information content (AvgIpc) is 2.30. The first-order valence-corrected chi connectivity index (χ1v) is 5.55. The highest BCUT2D eigenvalue weighted by Gasteiger charge is 1.98. The Morgan fingerprint density at radius 3 is 2.79 bits per heavy atom. The molecule has 1 aromatic heterocycles. The maximum atomic E-state index is 4.07. The second-order valence-electron chi connectivity index (χ2n) is 2.84. The Balaban J connectivity index is 2.42. The van der Waals surface area contributed by atoms with Crippen LogP contribution in [0.2, 0.25) is 0 Å². The molecule has 14 heavy (non-hydrogen) atoms. The summed E-state index contributed by atoms with van der Waals surface area (Å²) >= 11 is 1.73. The summed E-state index contributed by atoms with van der Waals surface area (Å²) in [6.45, 7) is 0. The van der Waals surface area contributed by atoms with Crippen molar-refractivity contribution in [2.24, 2.45) is 0 Å². The maximum Gasteiger partial charge on any atom is 0.0930 e. The van der Waals surface area contributed by atoms with Crippen molar-refractivity contribution in [3.63, 3.8) is 0 Å². The monoisotopic (exact) mass is 202 g/mol. The van der Waals surface area contributed by atoms with Gasteiger partial charge in [-0.1, -0.05) is 12.1 Å². The van der Waals surface area contributed by atoms with Crippen molar-refractivity contribution in [2.75, 3.05) is 6.26 Å². The van der Waals surface area contributed by atoms with Crippen LogP contribution < -0.4 is 0 Å². The van der Waals surface area contributed by atoms with E-state index in [1.807, 2.05) is 24.3 Å². The highest BCUT2D eigenvalue weighted by Crippen LogP contribution is 2.22. The molecule has 0 unspecified atom stereocenters. The normalized spacial score (nSPS) is 10.1. The van der Waals surface area contributed by atoms with Gasteiger partial charge in [-0.3, -0.25) is 0 Å². The van der Waals surface area contributed by atoms with E-state index in [0.717, 1.165) is 11.3 Å². The summed E-state index contributed by atoms with van der Waals surface area (Å²) in [7, 11) is 0. The molecule has 70 valence electrons. The summed E-state index contributed by atoms with van der Waals surface area (Å²) in [5.74, 6) is 0. The van der Waals surface area contributed by atoms with E-state index in [-0.39, 0.29) is 0 Å². The third-order valence-electron chi connectivity index (χ3n) is 1.94. The number of rotatable bonds is 2. The zero-order chi connectivity index (χ0) is 9.80. The Kier molecular flexibility index (Phi) is 2.79. The summed E-state index contributed by atoms with van der Waals surface area (Å²) < 4.78 is 0. The van der Waals surface area contributed by atoms with Crippen LogP contribution in [0.15, 0.2) is 47.5 Å². The zero-order valence-electron chi connectivity index (χ0n) is 7.84. The van der Waals surface area contributed by atoms with E-state index in [1.165, 1.54) is 4.90 Å². The van der Waals surface area contributed by atoms with Gasteiger partial charge in [-0.15, -0.1) is 11.8 Å². The lowest BCUT2D eigenvalue weighted by atomic mass is 10.1.